The van der Waals surface area contributed by atoms with Crippen molar-refractivity contribution in [2.24, 2.45) is 0 Å². The maximum absolute atomic E-state index is 12.6. The maximum Gasteiger partial charge on any atom is 0.344 e. The lowest BCUT2D eigenvalue weighted by molar-refractivity contribution is 0.0529. The number of esters is 1. The van der Waals surface area contributed by atoms with Gasteiger partial charge in [0.05, 0.1) is 30.4 Å². The highest BCUT2D eigenvalue weighted by molar-refractivity contribution is 6.09. The van der Waals surface area contributed by atoms with Gasteiger partial charge >= 0.3 is 5.97 Å². The van der Waals surface area contributed by atoms with E-state index < -0.39 is 5.97 Å². The van der Waals surface area contributed by atoms with Crippen LogP contribution in [0.2, 0.25) is 0 Å². The van der Waals surface area contributed by atoms with Gasteiger partial charge in [-0.05, 0) is 31.2 Å². The summed E-state index contributed by atoms with van der Waals surface area (Å²) in [4.78, 5) is 21.9. The van der Waals surface area contributed by atoms with E-state index in [0.29, 0.717) is 33.6 Å². The molecular weight excluding hydrogens is 344 g/mol. The third kappa shape index (κ3) is 2.64. The first-order valence-corrected chi connectivity index (χ1v) is 8.53. The third-order valence-corrected chi connectivity index (χ3v) is 4.30. The number of methoxy groups -OCH3 is 1. The van der Waals surface area contributed by atoms with Crippen LogP contribution >= 0.6 is 0 Å². The summed E-state index contributed by atoms with van der Waals surface area (Å²) in [5.41, 5.74) is 9.51. The van der Waals surface area contributed by atoms with E-state index in [2.05, 4.69) is 4.98 Å². The van der Waals surface area contributed by atoms with E-state index in [-0.39, 0.29) is 18.0 Å². The summed E-state index contributed by atoms with van der Waals surface area (Å²) in [6.45, 7) is 1.98. The van der Waals surface area contributed by atoms with E-state index in [1.807, 2.05) is 48.5 Å². The number of nitrogens with zero attached hydrogens (tertiary/aromatic N) is 3. The molecule has 2 aromatic heterocycles. The molecule has 0 amide bonds. The second-order valence-corrected chi connectivity index (χ2v) is 5.87. The Kier molecular flexibility index (Phi) is 4.12. The van der Waals surface area contributed by atoms with Crippen LogP contribution in [0.1, 0.15) is 17.3 Å². The van der Waals surface area contributed by atoms with Crippen LogP contribution in [0.15, 0.2) is 48.5 Å². The van der Waals surface area contributed by atoms with Crippen LogP contribution in [0.5, 0.6) is 5.75 Å². The van der Waals surface area contributed by atoms with Gasteiger partial charge in [0.2, 0.25) is 0 Å². The van der Waals surface area contributed by atoms with E-state index in [1.165, 1.54) is 0 Å². The maximum atomic E-state index is 12.6. The Morgan fingerprint density at radius 2 is 1.74 bits per heavy atom. The van der Waals surface area contributed by atoms with Crippen molar-refractivity contribution >= 4 is 34.0 Å². The van der Waals surface area contributed by atoms with Gasteiger partial charge in [-0.1, -0.05) is 24.3 Å². The number of hydrogen-bond donors (Lipinski definition) is 1. The highest BCUT2D eigenvalue weighted by atomic mass is 16.5. The van der Waals surface area contributed by atoms with Gasteiger partial charge in [0.1, 0.15) is 22.6 Å². The highest BCUT2D eigenvalue weighted by Gasteiger charge is 2.26. The third-order valence-electron chi connectivity index (χ3n) is 4.30. The predicted octanol–water partition coefficient (Wildman–Crippen LogP) is 3.34. The molecule has 4 rings (SSSR count). The number of hydrogen-bond acceptors (Lipinski definition) is 6. The summed E-state index contributed by atoms with van der Waals surface area (Å²) in [6.07, 6.45) is 0. The molecule has 0 fully saturated rings. The largest absolute Gasteiger partial charge is 0.495 e. The van der Waals surface area contributed by atoms with E-state index in [9.17, 15) is 4.79 Å². The van der Waals surface area contributed by atoms with Crippen molar-refractivity contribution < 1.29 is 14.3 Å². The Bertz CT molecular complexity index is 1170. The Balaban J connectivity index is 2.13. The Hall–Kier alpha value is -3.61. The average molecular weight is 362 g/mol. The lowest BCUT2D eigenvalue weighted by Gasteiger charge is -2.12. The number of para-hydroxylation sites is 4. The zero-order valence-corrected chi connectivity index (χ0v) is 15.0. The Morgan fingerprint density at radius 3 is 2.44 bits per heavy atom. The van der Waals surface area contributed by atoms with Crippen molar-refractivity contribution in [3.8, 4) is 11.4 Å². The number of nitrogens with two attached hydrogens (primary N) is 1. The molecule has 0 radical (unpaired) electrons. The number of anilines is 1. The quantitative estimate of drug-likeness (QED) is 0.560. The SMILES string of the molecule is CCOC(=O)c1c(N)n(-c2ccccc2OC)c2nc3ccccc3nc12. The van der Waals surface area contributed by atoms with Gasteiger partial charge in [0, 0.05) is 0 Å². The van der Waals surface area contributed by atoms with Gasteiger partial charge in [-0.3, -0.25) is 4.57 Å². The molecule has 7 heteroatoms. The van der Waals surface area contributed by atoms with Gasteiger partial charge in [-0.2, -0.15) is 0 Å². The molecule has 27 heavy (non-hydrogen) atoms. The van der Waals surface area contributed by atoms with Crippen molar-refractivity contribution in [1.82, 2.24) is 14.5 Å². The zero-order chi connectivity index (χ0) is 19.0. The molecule has 0 saturated heterocycles. The molecule has 2 aromatic carbocycles. The van der Waals surface area contributed by atoms with Crippen LogP contribution in [-0.2, 0) is 4.74 Å². The minimum absolute atomic E-state index is 0.205. The van der Waals surface area contributed by atoms with Crippen LogP contribution in [0.4, 0.5) is 5.82 Å². The molecule has 0 saturated carbocycles. The predicted molar refractivity (Wildman–Crippen MR) is 103 cm³/mol. The standard InChI is InChI=1S/C20H18N4O3/c1-3-27-20(25)16-17-19(23-13-9-5-4-8-12(13)22-17)24(18(16)21)14-10-6-7-11-15(14)26-2/h4-11H,3,21H2,1-2H3. The molecule has 0 aliphatic rings. The van der Waals surface area contributed by atoms with Gasteiger partial charge in [-0.15, -0.1) is 0 Å². The Labute approximate surface area is 155 Å². The number of aromatic nitrogens is 3. The molecule has 0 spiro atoms. The first-order valence-electron chi connectivity index (χ1n) is 8.53. The summed E-state index contributed by atoms with van der Waals surface area (Å²) >= 11 is 0. The number of carbonyl (C=O) groups excluding carboxylic acids is 1. The van der Waals surface area contributed by atoms with Crippen LogP contribution in [0.3, 0.4) is 0 Å². The molecule has 0 bridgehead atoms. The molecule has 2 N–H and O–H groups in total. The molecular formula is C20H18N4O3. The zero-order valence-electron chi connectivity index (χ0n) is 15.0. The van der Waals surface area contributed by atoms with Crippen molar-refractivity contribution in [2.75, 3.05) is 19.5 Å². The fourth-order valence-electron chi connectivity index (χ4n) is 3.12. The van der Waals surface area contributed by atoms with Crippen molar-refractivity contribution in [3.63, 3.8) is 0 Å². The van der Waals surface area contributed by atoms with E-state index >= 15 is 0 Å². The summed E-state index contributed by atoms with van der Waals surface area (Å²) in [7, 11) is 1.58. The molecule has 7 nitrogen and oxygen atoms in total. The van der Waals surface area contributed by atoms with E-state index in [4.69, 9.17) is 20.2 Å². The second kappa shape index (κ2) is 6.60. The van der Waals surface area contributed by atoms with Gasteiger partial charge in [0.25, 0.3) is 0 Å². The molecule has 0 aliphatic heterocycles. The molecule has 0 unspecified atom stereocenters. The highest BCUT2D eigenvalue weighted by Crippen LogP contribution is 2.34. The topological polar surface area (TPSA) is 92.3 Å². The monoisotopic (exact) mass is 362 g/mol. The van der Waals surface area contributed by atoms with Crippen molar-refractivity contribution in [2.45, 2.75) is 6.92 Å². The number of carbonyl (C=O) groups is 1. The van der Waals surface area contributed by atoms with Gasteiger partial charge in [0.15, 0.2) is 5.65 Å². The van der Waals surface area contributed by atoms with Crippen molar-refractivity contribution in [1.29, 1.82) is 0 Å². The summed E-state index contributed by atoms with van der Waals surface area (Å²) < 4.78 is 12.4. The first-order chi connectivity index (χ1) is 13.2. The lowest BCUT2D eigenvalue weighted by Crippen LogP contribution is -2.09. The van der Waals surface area contributed by atoms with Crippen LogP contribution < -0.4 is 10.5 Å². The van der Waals surface area contributed by atoms with E-state index in [0.717, 1.165) is 0 Å². The van der Waals surface area contributed by atoms with Gasteiger partial charge < -0.3 is 15.2 Å². The second-order valence-electron chi connectivity index (χ2n) is 5.87. The van der Waals surface area contributed by atoms with Crippen LogP contribution in [0, 0.1) is 0 Å². The minimum Gasteiger partial charge on any atom is -0.495 e. The summed E-state index contributed by atoms with van der Waals surface area (Å²) in [6, 6.07) is 14.8. The fraction of sp³-hybridized carbons (Fsp3) is 0.150. The summed E-state index contributed by atoms with van der Waals surface area (Å²) in [5, 5.41) is 0. The molecule has 136 valence electrons. The Morgan fingerprint density at radius 1 is 1.07 bits per heavy atom. The van der Waals surface area contributed by atoms with Crippen molar-refractivity contribution in [3.05, 3.63) is 54.1 Å². The number of nitrogen functional groups attached to an aromatic ring is 1. The van der Waals surface area contributed by atoms with Crippen LogP contribution in [-0.4, -0.2) is 34.2 Å². The normalized spacial score (nSPS) is 11.0. The first kappa shape index (κ1) is 16.8. The molecule has 2 heterocycles. The fourth-order valence-corrected chi connectivity index (χ4v) is 3.12. The number of rotatable bonds is 4. The van der Waals surface area contributed by atoms with E-state index in [1.54, 1.807) is 18.6 Å². The smallest absolute Gasteiger partial charge is 0.344 e. The summed E-state index contributed by atoms with van der Waals surface area (Å²) in [5.74, 6) is 0.285. The number of ether oxygens (including phenoxy) is 2. The average Bonchev–Trinajstić information content (AvgIpc) is 2.97. The molecule has 0 atom stereocenters. The molecule has 0 aliphatic carbocycles. The molecule has 4 aromatic rings. The lowest BCUT2D eigenvalue weighted by atomic mass is 10.2. The number of fused-ring (bicyclic) bond motifs is 2. The minimum atomic E-state index is -0.529. The van der Waals surface area contributed by atoms with Gasteiger partial charge in [-0.25, -0.2) is 14.8 Å². The van der Waals surface area contributed by atoms with Crippen LogP contribution in [0.25, 0.3) is 27.9 Å². The number of benzene rings is 2.